The summed E-state index contributed by atoms with van der Waals surface area (Å²) in [6.07, 6.45) is 7.78. The van der Waals surface area contributed by atoms with Crippen LogP contribution in [0.5, 0.6) is 0 Å². The first-order chi connectivity index (χ1) is 18.8. The van der Waals surface area contributed by atoms with Crippen molar-refractivity contribution in [3.05, 3.63) is 59.1 Å². The molecule has 2 aromatic heterocycles. The van der Waals surface area contributed by atoms with E-state index >= 15 is 0 Å². The van der Waals surface area contributed by atoms with Crippen molar-refractivity contribution in [3.8, 4) is 22.4 Å². The van der Waals surface area contributed by atoms with Gasteiger partial charge in [-0.05, 0) is 73.2 Å². The highest BCUT2D eigenvalue weighted by molar-refractivity contribution is 7.81. The molecule has 1 aliphatic heterocycles. The van der Waals surface area contributed by atoms with Gasteiger partial charge in [0.1, 0.15) is 10.4 Å². The fourth-order valence-corrected chi connectivity index (χ4v) is 4.88. The zero-order valence-corrected chi connectivity index (χ0v) is 22.6. The van der Waals surface area contributed by atoms with Crippen molar-refractivity contribution in [2.75, 3.05) is 6.61 Å². The molecule has 2 fully saturated rings. The van der Waals surface area contributed by atoms with Gasteiger partial charge in [0.15, 0.2) is 6.29 Å². The van der Waals surface area contributed by atoms with E-state index in [9.17, 15) is 18.4 Å². The maximum Gasteiger partial charge on any atom is 0.261 e. The van der Waals surface area contributed by atoms with Gasteiger partial charge in [-0.1, -0.05) is 29.5 Å². The van der Waals surface area contributed by atoms with Gasteiger partial charge in [0, 0.05) is 43.9 Å². The van der Waals surface area contributed by atoms with Crippen LogP contribution in [0.25, 0.3) is 22.4 Å². The molecule has 3 aromatic rings. The number of nitrogens with one attached hydrogen (secondary N) is 1. The highest BCUT2D eigenvalue weighted by Crippen LogP contribution is 2.31. The molecule has 3 heterocycles. The van der Waals surface area contributed by atoms with E-state index in [1.54, 1.807) is 12.3 Å². The molecule has 0 radical (unpaired) electrons. The number of benzene rings is 1. The number of carbonyl (C=O) groups excluding carboxylic acids is 1. The predicted molar refractivity (Wildman–Crippen MR) is 143 cm³/mol. The first kappa shape index (κ1) is 27.4. The van der Waals surface area contributed by atoms with Gasteiger partial charge in [-0.3, -0.25) is 18.5 Å². The topological polar surface area (TPSA) is 140 Å². The van der Waals surface area contributed by atoms with Crippen molar-refractivity contribution in [1.82, 2.24) is 25.0 Å². The maximum atomic E-state index is 12.8. The number of hydroxylamine groups is 1. The lowest BCUT2D eigenvalue weighted by Gasteiger charge is -2.31. The molecule has 1 N–H and O–H groups in total. The highest BCUT2D eigenvalue weighted by Gasteiger charge is 2.35. The van der Waals surface area contributed by atoms with E-state index in [0.717, 1.165) is 41.8 Å². The Morgan fingerprint density at radius 3 is 2.62 bits per heavy atom. The van der Waals surface area contributed by atoms with Crippen molar-refractivity contribution >= 4 is 17.0 Å². The Labute approximate surface area is 228 Å². The number of pyridine rings is 1. The molecule has 11 nitrogen and oxygen atoms in total. The summed E-state index contributed by atoms with van der Waals surface area (Å²) < 4.78 is 30.9. The summed E-state index contributed by atoms with van der Waals surface area (Å²) in [5.41, 5.74) is 5.27. The standard InChI is InChI=1S/C27H33N5O6S/c1-27(39(35)36,26(34)29-38-25-4-2-3-15-37-25)12-14-31-13-11-22(16-24(31)33)20-7-9-21(10-8-20)23-18-32(30-28-23)17-19-5-6-19/h7-11,13,16,18-19,25H,2-6,12,14-15,17H2,1H3,(H,29,34)(H,35,36)/p-1. The van der Waals surface area contributed by atoms with Gasteiger partial charge >= 0.3 is 0 Å². The Balaban J connectivity index is 1.21. The minimum absolute atomic E-state index is 0.0341. The van der Waals surface area contributed by atoms with Crippen LogP contribution in [0.2, 0.25) is 0 Å². The summed E-state index contributed by atoms with van der Waals surface area (Å²) in [4.78, 5) is 30.8. The SMILES string of the molecule is CC(CCn1ccc(-c2ccc(-c3cn(CC4CC4)nn3)cc2)cc1=O)(C(=O)NOC1CCCCO1)S(=O)[O-]. The van der Waals surface area contributed by atoms with Crippen LogP contribution in [0.15, 0.2) is 53.6 Å². The molecule has 0 spiro atoms. The van der Waals surface area contributed by atoms with Crippen molar-refractivity contribution in [3.63, 3.8) is 0 Å². The van der Waals surface area contributed by atoms with Gasteiger partial charge in [0.2, 0.25) is 0 Å². The second-order valence-corrected chi connectivity index (χ2v) is 11.7. The first-order valence-corrected chi connectivity index (χ1v) is 14.3. The van der Waals surface area contributed by atoms with Gasteiger partial charge in [-0.25, -0.2) is 10.3 Å². The van der Waals surface area contributed by atoms with E-state index in [-0.39, 0.29) is 18.5 Å². The molecule has 1 saturated carbocycles. The molecular formula is C27H32N5O6S-. The minimum atomic E-state index is -2.75. The van der Waals surface area contributed by atoms with Crippen LogP contribution in [-0.4, -0.2) is 51.9 Å². The number of ether oxygens (including phenoxy) is 1. The molecule has 0 bridgehead atoms. The Bertz CT molecular complexity index is 1380. The third-order valence-corrected chi connectivity index (χ3v) is 8.42. The average Bonchev–Trinajstić information content (AvgIpc) is 3.65. The summed E-state index contributed by atoms with van der Waals surface area (Å²) in [7, 11) is 0. The number of rotatable bonds is 11. The van der Waals surface area contributed by atoms with E-state index < -0.39 is 28.0 Å². The van der Waals surface area contributed by atoms with E-state index in [4.69, 9.17) is 9.57 Å². The zero-order chi connectivity index (χ0) is 27.4. The molecule has 1 aromatic carbocycles. The molecule has 3 atom stereocenters. The number of amides is 1. The number of carbonyl (C=O) groups is 1. The molecule has 12 heteroatoms. The van der Waals surface area contributed by atoms with E-state index in [2.05, 4.69) is 15.8 Å². The summed E-state index contributed by atoms with van der Waals surface area (Å²) in [5, 5.41) is 8.48. The van der Waals surface area contributed by atoms with Crippen molar-refractivity contribution in [2.24, 2.45) is 5.92 Å². The van der Waals surface area contributed by atoms with Gasteiger partial charge < -0.3 is 13.9 Å². The van der Waals surface area contributed by atoms with Crippen molar-refractivity contribution in [1.29, 1.82) is 0 Å². The summed E-state index contributed by atoms with van der Waals surface area (Å²) in [5.74, 6) is -0.0879. The van der Waals surface area contributed by atoms with Crippen LogP contribution in [0.3, 0.4) is 0 Å². The summed E-state index contributed by atoms with van der Waals surface area (Å²) in [6, 6.07) is 11.0. The van der Waals surface area contributed by atoms with E-state index in [1.165, 1.54) is 30.4 Å². The lowest BCUT2D eigenvalue weighted by molar-refractivity contribution is -0.201. The van der Waals surface area contributed by atoms with E-state index in [1.807, 2.05) is 35.1 Å². The largest absolute Gasteiger partial charge is 0.772 e. The molecule has 208 valence electrons. The van der Waals surface area contributed by atoms with Gasteiger partial charge in [-0.15, -0.1) is 5.10 Å². The van der Waals surface area contributed by atoms with Crippen LogP contribution in [-0.2, 0) is 38.5 Å². The maximum absolute atomic E-state index is 12.8. The fourth-order valence-electron chi connectivity index (χ4n) is 4.43. The third-order valence-electron chi connectivity index (χ3n) is 7.29. The zero-order valence-electron chi connectivity index (χ0n) is 21.8. The monoisotopic (exact) mass is 554 g/mol. The van der Waals surface area contributed by atoms with Gasteiger partial charge in [0.05, 0.1) is 6.20 Å². The Hall–Kier alpha value is -3.19. The Kier molecular flexibility index (Phi) is 8.36. The number of aromatic nitrogens is 4. The van der Waals surface area contributed by atoms with Crippen LogP contribution >= 0.6 is 0 Å². The van der Waals surface area contributed by atoms with Crippen LogP contribution < -0.4 is 11.0 Å². The molecule has 1 amide bonds. The first-order valence-electron chi connectivity index (χ1n) is 13.2. The molecule has 3 unspecified atom stereocenters. The second-order valence-electron chi connectivity index (χ2n) is 10.4. The Morgan fingerprint density at radius 2 is 1.95 bits per heavy atom. The summed E-state index contributed by atoms with van der Waals surface area (Å²) >= 11 is -2.75. The summed E-state index contributed by atoms with van der Waals surface area (Å²) in [6.45, 7) is 2.77. The minimum Gasteiger partial charge on any atom is -0.772 e. The quantitative estimate of drug-likeness (QED) is 0.282. The van der Waals surface area contributed by atoms with Gasteiger partial charge in [-0.2, -0.15) is 0 Å². The highest BCUT2D eigenvalue weighted by atomic mass is 32.2. The number of hydrogen-bond donors (Lipinski definition) is 1. The number of hydrogen-bond acceptors (Lipinski definition) is 8. The third kappa shape index (κ3) is 6.70. The molecule has 1 aliphatic carbocycles. The number of aryl methyl sites for hydroxylation is 1. The predicted octanol–water partition coefficient (Wildman–Crippen LogP) is 2.79. The van der Waals surface area contributed by atoms with Gasteiger partial charge in [0.25, 0.3) is 11.5 Å². The lowest BCUT2D eigenvalue weighted by atomic mass is 10.0. The average molecular weight is 555 g/mol. The van der Waals surface area contributed by atoms with Crippen molar-refractivity contribution < 1.29 is 23.1 Å². The normalized spacial score (nSPS) is 19.8. The van der Waals surface area contributed by atoms with E-state index in [0.29, 0.717) is 18.9 Å². The smallest absolute Gasteiger partial charge is 0.261 e. The Morgan fingerprint density at radius 1 is 1.18 bits per heavy atom. The molecule has 1 saturated heterocycles. The fraction of sp³-hybridized carbons (Fsp3) is 0.481. The van der Waals surface area contributed by atoms with Crippen LogP contribution in [0.4, 0.5) is 0 Å². The van der Waals surface area contributed by atoms with Crippen molar-refractivity contribution in [2.45, 2.75) is 69.6 Å². The second kappa shape index (κ2) is 11.9. The van der Waals surface area contributed by atoms with Crippen LogP contribution in [0.1, 0.15) is 45.4 Å². The molecular weight excluding hydrogens is 522 g/mol. The lowest BCUT2D eigenvalue weighted by Crippen LogP contribution is -2.49. The van der Waals surface area contributed by atoms with Crippen LogP contribution in [0, 0.1) is 5.92 Å². The molecule has 5 rings (SSSR count). The number of nitrogens with zero attached hydrogens (tertiary/aromatic N) is 4. The molecule has 39 heavy (non-hydrogen) atoms. The molecule has 2 aliphatic rings.